The molecule has 0 aromatic heterocycles. The molecule has 0 saturated carbocycles. The van der Waals surface area contributed by atoms with Gasteiger partial charge < -0.3 is 9.47 Å². The van der Waals surface area contributed by atoms with Gasteiger partial charge in [0.05, 0.1) is 18.8 Å². The van der Waals surface area contributed by atoms with Crippen LogP contribution in [0.4, 0.5) is 0 Å². The maximum Gasteiger partial charge on any atom is 0.105 e. The van der Waals surface area contributed by atoms with Crippen LogP contribution in [0.5, 0.6) is 0 Å². The van der Waals surface area contributed by atoms with Gasteiger partial charge in [-0.15, -0.1) is 26.3 Å². The molecule has 0 unspecified atom stereocenters. The molecule has 90 valence electrons. The minimum Gasteiger partial charge on any atom is -0.368 e. The monoisotopic (exact) mass is 222 g/mol. The second-order valence-corrected chi connectivity index (χ2v) is 3.68. The fourth-order valence-electron chi connectivity index (χ4n) is 1.46. The largest absolute Gasteiger partial charge is 0.368 e. The van der Waals surface area contributed by atoms with E-state index >= 15 is 0 Å². The molecule has 16 heavy (non-hydrogen) atoms. The molecular weight excluding hydrogens is 200 g/mol. The minimum atomic E-state index is -0.458. The van der Waals surface area contributed by atoms with Gasteiger partial charge in [0.1, 0.15) is 6.10 Å². The van der Waals surface area contributed by atoms with Crippen LogP contribution in [0.2, 0.25) is 0 Å². The summed E-state index contributed by atoms with van der Waals surface area (Å²) >= 11 is 0. The van der Waals surface area contributed by atoms with E-state index in [-0.39, 0.29) is 6.10 Å². The van der Waals surface area contributed by atoms with Gasteiger partial charge in [-0.1, -0.05) is 24.3 Å². The normalized spacial score (nSPS) is 15.8. The number of hydrogen-bond acceptors (Lipinski definition) is 2. The van der Waals surface area contributed by atoms with E-state index in [0.29, 0.717) is 19.6 Å². The third kappa shape index (κ3) is 4.60. The Bertz CT molecular complexity index is 245. The van der Waals surface area contributed by atoms with Crippen molar-refractivity contribution < 1.29 is 9.47 Å². The molecule has 2 atom stereocenters. The SMILES string of the molecule is C=CCO[C@H](C=C)[C@@](C)(CC=C)OCC=C. The van der Waals surface area contributed by atoms with E-state index in [4.69, 9.17) is 9.47 Å². The first-order valence-electron chi connectivity index (χ1n) is 5.35. The first-order valence-corrected chi connectivity index (χ1v) is 5.35. The van der Waals surface area contributed by atoms with E-state index in [1.807, 2.05) is 13.0 Å². The van der Waals surface area contributed by atoms with Crippen molar-refractivity contribution in [1.82, 2.24) is 0 Å². The third-order valence-corrected chi connectivity index (χ3v) is 2.29. The molecule has 0 spiro atoms. The maximum atomic E-state index is 5.75. The standard InChI is InChI=1S/C14H22O2/c1-6-10-14(5,16-12-8-3)13(9-4)15-11-7-2/h6-9,13H,1-4,10-12H2,5H3/t13-,14-/m1/s1. The Morgan fingerprint density at radius 2 is 1.69 bits per heavy atom. The molecule has 0 heterocycles. The quantitative estimate of drug-likeness (QED) is 0.528. The van der Waals surface area contributed by atoms with Crippen LogP contribution in [0.15, 0.2) is 50.6 Å². The van der Waals surface area contributed by atoms with Gasteiger partial charge in [-0.25, -0.2) is 0 Å². The van der Waals surface area contributed by atoms with Gasteiger partial charge in [0.15, 0.2) is 0 Å². The van der Waals surface area contributed by atoms with Crippen molar-refractivity contribution in [1.29, 1.82) is 0 Å². The minimum absolute atomic E-state index is 0.191. The molecule has 0 aromatic carbocycles. The second-order valence-electron chi connectivity index (χ2n) is 3.68. The van der Waals surface area contributed by atoms with Crippen LogP contribution in [0.1, 0.15) is 13.3 Å². The smallest absolute Gasteiger partial charge is 0.105 e. The van der Waals surface area contributed by atoms with Crippen LogP contribution in [0.3, 0.4) is 0 Å². The topological polar surface area (TPSA) is 18.5 Å². The predicted octanol–water partition coefficient (Wildman–Crippen LogP) is 3.28. The van der Waals surface area contributed by atoms with Crippen molar-refractivity contribution in [3.63, 3.8) is 0 Å². The van der Waals surface area contributed by atoms with Crippen molar-refractivity contribution in [2.45, 2.75) is 25.0 Å². The highest BCUT2D eigenvalue weighted by molar-refractivity contribution is 5.00. The van der Waals surface area contributed by atoms with E-state index in [1.54, 1.807) is 18.2 Å². The van der Waals surface area contributed by atoms with Crippen molar-refractivity contribution in [3.8, 4) is 0 Å². The zero-order chi connectivity index (χ0) is 12.4. The second kappa shape index (κ2) is 8.08. The van der Waals surface area contributed by atoms with Gasteiger partial charge in [0.2, 0.25) is 0 Å². The van der Waals surface area contributed by atoms with Crippen molar-refractivity contribution >= 4 is 0 Å². The number of ether oxygens (including phenoxy) is 2. The van der Waals surface area contributed by atoms with Crippen LogP contribution >= 0.6 is 0 Å². The summed E-state index contributed by atoms with van der Waals surface area (Å²) in [4.78, 5) is 0. The van der Waals surface area contributed by atoms with Crippen LogP contribution in [0.25, 0.3) is 0 Å². The summed E-state index contributed by atoms with van der Waals surface area (Å²) in [6.07, 6.45) is 7.48. The summed E-state index contributed by atoms with van der Waals surface area (Å²) in [6, 6.07) is 0. The summed E-state index contributed by atoms with van der Waals surface area (Å²) in [5.41, 5.74) is -0.458. The summed E-state index contributed by atoms with van der Waals surface area (Å²) < 4.78 is 11.4. The van der Waals surface area contributed by atoms with E-state index < -0.39 is 5.60 Å². The van der Waals surface area contributed by atoms with E-state index in [1.165, 1.54) is 0 Å². The Hall–Kier alpha value is -1.12. The Kier molecular flexibility index (Phi) is 7.52. The molecule has 0 N–H and O–H groups in total. The summed E-state index contributed by atoms with van der Waals surface area (Å²) in [7, 11) is 0. The summed E-state index contributed by atoms with van der Waals surface area (Å²) in [5.74, 6) is 0. The summed E-state index contributed by atoms with van der Waals surface area (Å²) in [5, 5.41) is 0. The van der Waals surface area contributed by atoms with Crippen molar-refractivity contribution in [3.05, 3.63) is 50.6 Å². The molecular formula is C14H22O2. The van der Waals surface area contributed by atoms with Gasteiger partial charge in [0.25, 0.3) is 0 Å². The molecule has 0 rings (SSSR count). The molecule has 2 nitrogen and oxygen atoms in total. The lowest BCUT2D eigenvalue weighted by Gasteiger charge is -2.34. The van der Waals surface area contributed by atoms with Gasteiger partial charge in [-0.05, 0) is 13.3 Å². The van der Waals surface area contributed by atoms with Crippen molar-refractivity contribution in [2.24, 2.45) is 0 Å². The number of hydrogen-bond donors (Lipinski definition) is 0. The summed E-state index contributed by atoms with van der Waals surface area (Å²) in [6.45, 7) is 17.7. The van der Waals surface area contributed by atoms with Gasteiger partial charge in [-0.2, -0.15) is 0 Å². The maximum absolute atomic E-state index is 5.75. The van der Waals surface area contributed by atoms with E-state index in [2.05, 4.69) is 26.3 Å². The average Bonchev–Trinajstić information content (AvgIpc) is 2.28. The highest BCUT2D eigenvalue weighted by atomic mass is 16.5. The van der Waals surface area contributed by atoms with Crippen molar-refractivity contribution in [2.75, 3.05) is 13.2 Å². The third-order valence-electron chi connectivity index (χ3n) is 2.29. The van der Waals surface area contributed by atoms with E-state index in [0.717, 1.165) is 0 Å². The Balaban J connectivity index is 4.65. The van der Waals surface area contributed by atoms with Crippen LogP contribution in [0, 0.1) is 0 Å². The Morgan fingerprint density at radius 1 is 1.06 bits per heavy atom. The van der Waals surface area contributed by atoms with Crippen LogP contribution in [-0.4, -0.2) is 24.9 Å². The molecule has 0 aliphatic carbocycles. The first kappa shape index (κ1) is 14.9. The molecule has 0 aliphatic rings. The van der Waals surface area contributed by atoms with Crippen LogP contribution < -0.4 is 0 Å². The van der Waals surface area contributed by atoms with Gasteiger partial charge in [0, 0.05) is 0 Å². The predicted molar refractivity (Wildman–Crippen MR) is 69.5 cm³/mol. The Morgan fingerprint density at radius 3 is 2.12 bits per heavy atom. The fraction of sp³-hybridized carbons (Fsp3) is 0.429. The zero-order valence-electron chi connectivity index (χ0n) is 10.2. The van der Waals surface area contributed by atoms with Gasteiger partial charge in [-0.3, -0.25) is 0 Å². The van der Waals surface area contributed by atoms with E-state index in [9.17, 15) is 0 Å². The molecule has 0 bridgehead atoms. The highest BCUT2D eigenvalue weighted by Gasteiger charge is 2.32. The molecule has 0 aliphatic heterocycles. The molecule has 0 fully saturated rings. The van der Waals surface area contributed by atoms with Crippen LogP contribution in [-0.2, 0) is 9.47 Å². The molecule has 0 aromatic rings. The lowest BCUT2D eigenvalue weighted by atomic mass is 9.94. The van der Waals surface area contributed by atoms with Gasteiger partial charge >= 0.3 is 0 Å². The lowest BCUT2D eigenvalue weighted by Crippen LogP contribution is -2.42. The lowest BCUT2D eigenvalue weighted by molar-refractivity contribution is -0.103. The first-order chi connectivity index (χ1) is 7.64. The average molecular weight is 222 g/mol. The fourth-order valence-corrected chi connectivity index (χ4v) is 1.46. The number of rotatable bonds is 10. The Labute approximate surface area is 99.0 Å². The zero-order valence-corrected chi connectivity index (χ0v) is 10.2. The highest BCUT2D eigenvalue weighted by Crippen LogP contribution is 2.24. The molecule has 2 heteroatoms. The molecule has 0 saturated heterocycles. The molecule has 0 radical (unpaired) electrons. The molecule has 0 amide bonds.